The second-order valence-electron chi connectivity index (χ2n) is 7.04. The van der Waals surface area contributed by atoms with Crippen molar-refractivity contribution in [3.05, 3.63) is 29.8 Å². The van der Waals surface area contributed by atoms with Gasteiger partial charge in [0.15, 0.2) is 12.4 Å². The van der Waals surface area contributed by atoms with Gasteiger partial charge in [-0.3, -0.25) is 14.4 Å². The van der Waals surface area contributed by atoms with Gasteiger partial charge >= 0.3 is 5.97 Å². The highest BCUT2D eigenvalue weighted by atomic mass is 32.2. The number of hydrogen-bond donors (Lipinski definition) is 1. The number of hydrogen-bond acceptors (Lipinski definition) is 6. The number of benzene rings is 1. The Kier molecular flexibility index (Phi) is 8.33. The van der Waals surface area contributed by atoms with Crippen molar-refractivity contribution in [1.29, 1.82) is 0 Å². The lowest BCUT2D eigenvalue weighted by Crippen LogP contribution is -2.43. The summed E-state index contributed by atoms with van der Waals surface area (Å²) in [7, 11) is -3.93. The zero-order chi connectivity index (χ0) is 21.4. The van der Waals surface area contributed by atoms with Crippen LogP contribution in [0, 0.1) is 0 Å². The molecule has 1 aliphatic carbocycles. The second kappa shape index (κ2) is 10.5. The molecule has 1 fully saturated rings. The Morgan fingerprint density at radius 1 is 1.10 bits per heavy atom. The molecule has 0 heterocycles. The van der Waals surface area contributed by atoms with Crippen LogP contribution >= 0.6 is 0 Å². The van der Waals surface area contributed by atoms with Crippen molar-refractivity contribution in [3.8, 4) is 0 Å². The van der Waals surface area contributed by atoms with E-state index in [2.05, 4.69) is 4.72 Å². The van der Waals surface area contributed by atoms with Gasteiger partial charge in [0.1, 0.15) is 6.54 Å². The molecule has 1 amide bonds. The summed E-state index contributed by atoms with van der Waals surface area (Å²) in [6, 6.07) is 5.56. The summed E-state index contributed by atoms with van der Waals surface area (Å²) in [6.07, 6.45) is 5.26. The molecule has 1 aromatic carbocycles. The van der Waals surface area contributed by atoms with Gasteiger partial charge in [0, 0.05) is 18.2 Å². The molecule has 0 saturated heterocycles. The summed E-state index contributed by atoms with van der Waals surface area (Å²) >= 11 is 0. The van der Waals surface area contributed by atoms with Gasteiger partial charge in [-0.2, -0.15) is 4.72 Å². The van der Waals surface area contributed by atoms with Gasteiger partial charge in [-0.25, -0.2) is 8.42 Å². The third-order valence-electron chi connectivity index (χ3n) is 5.01. The fourth-order valence-electron chi connectivity index (χ4n) is 3.41. The lowest BCUT2D eigenvalue weighted by Gasteiger charge is -2.33. The Hall–Kier alpha value is -2.26. The number of sulfonamides is 1. The van der Waals surface area contributed by atoms with Crippen LogP contribution in [0.25, 0.3) is 0 Å². The molecule has 1 aliphatic rings. The lowest BCUT2D eigenvalue weighted by molar-refractivity contribution is -0.152. The molecule has 160 valence electrons. The van der Waals surface area contributed by atoms with Gasteiger partial charge in [0.25, 0.3) is 5.91 Å². The van der Waals surface area contributed by atoms with Crippen LogP contribution in [0.5, 0.6) is 0 Å². The van der Waals surface area contributed by atoms with Gasteiger partial charge in [-0.05, 0) is 38.8 Å². The minimum absolute atomic E-state index is 0.0687. The number of ketones is 1. The summed E-state index contributed by atoms with van der Waals surface area (Å²) in [5.41, 5.74) is 0.389. The van der Waals surface area contributed by atoms with E-state index in [-0.39, 0.29) is 22.6 Å². The molecule has 29 heavy (non-hydrogen) atoms. The third kappa shape index (κ3) is 6.64. The van der Waals surface area contributed by atoms with Crippen molar-refractivity contribution >= 4 is 27.7 Å². The summed E-state index contributed by atoms with van der Waals surface area (Å²) in [5, 5.41) is 0. The predicted octanol–water partition coefficient (Wildman–Crippen LogP) is 1.89. The summed E-state index contributed by atoms with van der Waals surface area (Å²) in [6.45, 7) is 2.83. The number of likely N-dealkylation sites (N-methyl/N-ethyl adjacent to an activating group) is 1. The van der Waals surface area contributed by atoms with E-state index in [0.717, 1.165) is 25.7 Å². The van der Waals surface area contributed by atoms with Crippen molar-refractivity contribution in [3.63, 3.8) is 0 Å². The normalized spacial score (nSPS) is 15.0. The molecule has 2 rings (SSSR count). The maximum Gasteiger partial charge on any atom is 0.321 e. The standard InChI is InChI=1S/C20H28N2O6S/c1-3-22(17-7-5-4-6-8-17)19(24)14-28-20(25)13-21-29(26,27)18-11-9-16(10-12-18)15(2)23/h9-12,17,21H,3-8,13-14H2,1-2H3. The Labute approximate surface area is 171 Å². The molecule has 1 saturated carbocycles. The molecule has 0 radical (unpaired) electrons. The molecule has 0 unspecified atom stereocenters. The van der Waals surface area contributed by atoms with E-state index < -0.39 is 29.1 Å². The number of nitrogens with one attached hydrogen (secondary N) is 1. The topological polar surface area (TPSA) is 110 Å². The fourth-order valence-corrected chi connectivity index (χ4v) is 4.38. The lowest BCUT2D eigenvalue weighted by atomic mass is 9.94. The summed E-state index contributed by atoms with van der Waals surface area (Å²) in [5.74, 6) is -1.28. The molecule has 0 aliphatic heterocycles. The number of nitrogens with zero attached hydrogens (tertiary/aromatic N) is 1. The first kappa shape index (κ1) is 23.0. The largest absolute Gasteiger partial charge is 0.455 e. The van der Waals surface area contributed by atoms with E-state index in [4.69, 9.17) is 4.74 Å². The van der Waals surface area contributed by atoms with Gasteiger partial charge in [0.05, 0.1) is 4.90 Å². The van der Waals surface area contributed by atoms with Gasteiger partial charge in [-0.1, -0.05) is 31.4 Å². The van der Waals surface area contributed by atoms with Crippen LogP contribution in [0.15, 0.2) is 29.2 Å². The highest BCUT2D eigenvalue weighted by molar-refractivity contribution is 7.89. The zero-order valence-electron chi connectivity index (χ0n) is 16.8. The second-order valence-corrected chi connectivity index (χ2v) is 8.80. The number of carbonyl (C=O) groups excluding carboxylic acids is 3. The maximum absolute atomic E-state index is 12.4. The Balaban J connectivity index is 1.83. The van der Waals surface area contributed by atoms with Gasteiger partial charge in [-0.15, -0.1) is 0 Å². The number of ether oxygens (including phenoxy) is 1. The van der Waals surface area contributed by atoms with Crippen molar-refractivity contribution in [2.45, 2.75) is 56.9 Å². The van der Waals surface area contributed by atoms with E-state index in [1.165, 1.54) is 37.6 Å². The first-order valence-corrected chi connectivity index (χ1v) is 11.3. The molecule has 0 aromatic heterocycles. The monoisotopic (exact) mass is 424 g/mol. The summed E-state index contributed by atoms with van der Waals surface area (Å²) < 4.78 is 31.6. The van der Waals surface area contributed by atoms with Crippen LogP contribution in [-0.4, -0.2) is 56.7 Å². The van der Waals surface area contributed by atoms with E-state index in [0.29, 0.717) is 12.1 Å². The third-order valence-corrected chi connectivity index (χ3v) is 6.43. The smallest absolute Gasteiger partial charge is 0.321 e. The SMILES string of the molecule is CCN(C(=O)COC(=O)CNS(=O)(=O)c1ccc(C(C)=O)cc1)C1CCCCC1. The van der Waals surface area contributed by atoms with Crippen molar-refractivity contribution in [1.82, 2.24) is 9.62 Å². The molecule has 0 bridgehead atoms. The number of Topliss-reactive ketones (excluding diaryl/α,β-unsaturated/α-hetero) is 1. The predicted molar refractivity (Wildman–Crippen MR) is 107 cm³/mol. The molecule has 1 aromatic rings. The first-order chi connectivity index (χ1) is 13.7. The average molecular weight is 425 g/mol. The van der Waals surface area contributed by atoms with Crippen LogP contribution < -0.4 is 4.72 Å². The van der Waals surface area contributed by atoms with Crippen LogP contribution in [0.4, 0.5) is 0 Å². The van der Waals surface area contributed by atoms with Gasteiger partial charge in [0.2, 0.25) is 10.0 Å². The van der Waals surface area contributed by atoms with E-state index in [1.807, 2.05) is 6.92 Å². The van der Waals surface area contributed by atoms with Crippen LogP contribution in [-0.2, 0) is 24.3 Å². The van der Waals surface area contributed by atoms with E-state index in [9.17, 15) is 22.8 Å². The Bertz CT molecular complexity index is 829. The molecule has 0 atom stereocenters. The molecular weight excluding hydrogens is 396 g/mol. The minimum atomic E-state index is -3.93. The molecule has 8 nitrogen and oxygen atoms in total. The Morgan fingerprint density at radius 3 is 2.28 bits per heavy atom. The molecule has 9 heteroatoms. The number of rotatable bonds is 9. The highest BCUT2D eigenvalue weighted by Crippen LogP contribution is 2.22. The zero-order valence-corrected chi connectivity index (χ0v) is 17.7. The van der Waals surface area contributed by atoms with Crippen molar-refractivity contribution in [2.24, 2.45) is 0 Å². The minimum Gasteiger partial charge on any atom is -0.455 e. The molecule has 1 N–H and O–H groups in total. The van der Waals surface area contributed by atoms with Crippen LogP contribution in [0.3, 0.4) is 0 Å². The number of amides is 1. The molecule has 0 spiro atoms. The average Bonchev–Trinajstić information content (AvgIpc) is 2.72. The fraction of sp³-hybridized carbons (Fsp3) is 0.550. The Morgan fingerprint density at radius 2 is 1.72 bits per heavy atom. The molecular formula is C20H28N2O6S. The summed E-state index contributed by atoms with van der Waals surface area (Å²) in [4.78, 5) is 37.2. The highest BCUT2D eigenvalue weighted by Gasteiger charge is 2.25. The number of carbonyl (C=O) groups is 3. The van der Waals surface area contributed by atoms with Crippen molar-refractivity contribution in [2.75, 3.05) is 19.7 Å². The van der Waals surface area contributed by atoms with Crippen LogP contribution in [0.1, 0.15) is 56.3 Å². The first-order valence-electron chi connectivity index (χ1n) is 9.80. The quantitative estimate of drug-likeness (QED) is 0.479. The van der Waals surface area contributed by atoms with Crippen molar-refractivity contribution < 1.29 is 27.5 Å². The van der Waals surface area contributed by atoms with E-state index in [1.54, 1.807) is 4.90 Å². The number of esters is 1. The maximum atomic E-state index is 12.4. The van der Waals surface area contributed by atoms with Gasteiger partial charge < -0.3 is 9.64 Å². The van der Waals surface area contributed by atoms with Crippen LogP contribution in [0.2, 0.25) is 0 Å². The van der Waals surface area contributed by atoms with E-state index >= 15 is 0 Å².